The molecule has 0 N–H and O–H groups in total. The fraction of sp³-hybridized carbons (Fsp3) is 0.529. The molecule has 6 nitrogen and oxygen atoms in total. The molecule has 3 rings (SSSR count). The minimum absolute atomic E-state index is 0.0387. The lowest BCUT2D eigenvalue weighted by molar-refractivity contribution is 0.149. The van der Waals surface area contributed by atoms with Gasteiger partial charge in [0.05, 0.1) is 12.3 Å². The normalized spacial score (nSPS) is 17.6. The van der Waals surface area contributed by atoms with Gasteiger partial charge in [-0.15, -0.1) is 0 Å². The zero-order valence-electron chi connectivity index (χ0n) is 14.4. The van der Waals surface area contributed by atoms with Gasteiger partial charge in [0.1, 0.15) is 5.82 Å². The maximum atomic E-state index is 12.5. The molecule has 2 aromatic rings. The van der Waals surface area contributed by atoms with E-state index in [1.165, 1.54) is 0 Å². The van der Waals surface area contributed by atoms with Gasteiger partial charge >= 0.3 is 0 Å². The Morgan fingerprint density at radius 2 is 2.04 bits per heavy atom. The summed E-state index contributed by atoms with van der Waals surface area (Å²) < 4.78 is 6.93. The molecule has 24 heavy (non-hydrogen) atoms. The van der Waals surface area contributed by atoms with Gasteiger partial charge in [-0.1, -0.05) is 32.5 Å². The maximum absolute atomic E-state index is 12.5. The van der Waals surface area contributed by atoms with Crippen molar-refractivity contribution in [1.82, 2.24) is 19.5 Å². The van der Waals surface area contributed by atoms with Crippen LogP contribution in [0.1, 0.15) is 26.6 Å². The Labute approximate surface area is 145 Å². The molecule has 0 amide bonds. The molecule has 0 aromatic carbocycles. The van der Waals surface area contributed by atoms with E-state index in [1.54, 1.807) is 41.9 Å². The molecule has 0 fully saturated rings. The number of rotatable bonds is 3. The summed E-state index contributed by atoms with van der Waals surface area (Å²) in [5, 5.41) is 0.754. The molecule has 1 aliphatic heterocycles. The Morgan fingerprint density at radius 3 is 2.67 bits per heavy atom. The highest BCUT2D eigenvalue weighted by atomic mass is 32.2. The average Bonchev–Trinajstić information content (AvgIpc) is 2.55. The predicted molar refractivity (Wildman–Crippen MR) is 94.3 cm³/mol. The Bertz CT molecular complexity index is 781. The summed E-state index contributed by atoms with van der Waals surface area (Å²) >= 11 is 1.60. The Hall–Kier alpha value is -1.73. The number of nitrogens with zero attached hydrogens (tertiary/aromatic N) is 4. The van der Waals surface area contributed by atoms with Crippen LogP contribution >= 0.6 is 11.8 Å². The van der Waals surface area contributed by atoms with Crippen molar-refractivity contribution in [1.29, 1.82) is 0 Å². The van der Waals surface area contributed by atoms with Gasteiger partial charge in [-0.2, -0.15) is 0 Å². The standard InChI is InChI=1S/C17H22N4O2S/c1-17(2,3)15-18-6-12(7-19-15)13-5-14(22)21-8-11(9-23-4)10-24-16(21)20-13/h5-7,11H,8-10H2,1-4H3. The fourth-order valence-corrected chi connectivity index (χ4v) is 3.67. The first-order valence-corrected chi connectivity index (χ1v) is 8.93. The second-order valence-electron chi connectivity index (χ2n) is 7.05. The average molecular weight is 346 g/mol. The molecule has 3 heterocycles. The predicted octanol–water partition coefficient (Wildman–Crippen LogP) is 2.37. The maximum Gasteiger partial charge on any atom is 0.254 e. The van der Waals surface area contributed by atoms with E-state index in [0.29, 0.717) is 24.8 Å². The second-order valence-corrected chi connectivity index (χ2v) is 8.04. The molecule has 7 heteroatoms. The van der Waals surface area contributed by atoms with E-state index in [4.69, 9.17) is 4.74 Å². The summed E-state index contributed by atoms with van der Waals surface area (Å²) in [6.45, 7) is 7.51. The Kier molecular flexibility index (Phi) is 4.73. The van der Waals surface area contributed by atoms with Crippen molar-refractivity contribution >= 4 is 11.8 Å². The summed E-state index contributed by atoms with van der Waals surface area (Å²) in [7, 11) is 1.69. The third-order valence-corrected chi connectivity index (χ3v) is 5.09. The summed E-state index contributed by atoms with van der Waals surface area (Å²) in [5.74, 6) is 2.02. The smallest absolute Gasteiger partial charge is 0.254 e. The molecule has 0 spiro atoms. The van der Waals surface area contributed by atoms with Crippen LogP contribution in [0, 0.1) is 5.92 Å². The second kappa shape index (κ2) is 6.64. The van der Waals surface area contributed by atoms with Crippen LogP contribution < -0.4 is 5.56 Å². The first kappa shape index (κ1) is 17.1. The van der Waals surface area contributed by atoms with E-state index >= 15 is 0 Å². The number of thioether (sulfide) groups is 1. The van der Waals surface area contributed by atoms with Crippen molar-refractivity contribution < 1.29 is 4.74 Å². The lowest BCUT2D eigenvalue weighted by Gasteiger charge is -2.24. The van der Waals surface area contributed by atoms with Gasteiger partial charge in [-0.05, 0) is 0 Å². The van der Waals surface area contributed by atoms with E-state index in [0.717, 1.165) is 22.3 Å². The van der Waals surface area contributed by atoms with Crippen LogP contribution in [0.25, 0.3) is 11.3 Å². The van der Waals surface area contributed by atoms with Crippen LogP contribution in [-0.4, -0.2) is 39.0 Å². The topological polar surface area (TPSA) is 69.9 Å². The molecule has 0 bridgehead atoms. The summed E-state index contributed by atoms with van der Waals surface area (Å²) in [6.07, 6.45) is 3.49. The number of aromatic nitrogens is 4. The molecule has 1 unspecified atom stereocenters. The molecule has 0 saturated heterocycles. The van der Waals surface area contributed by atoms with Gasteiger partial charge in [-0.3, -0.25) is 9.36 Å². The summed E-state index contributed by atoms with van der Waals surface area (Å²) in [4.78, 5) is 25.9. The summed E-state index contributed by atoms with van der Waals surface area (Å²) in [6, 6.07) is 1.56. The molecule has 1 aliphatic rings. The van der Waals surface area contributed by atoms with Crippen molar-refractivity contribution in [2.45, 2.75) is 37.9 Å². The highest BCUT2D eigenvalue weighted by Gasteiger charge is 2.22. The third-order valence-electron chi connectivity index (χ3n) is 3.88. The number of methoxy groups -OCH3 is 1. The molecule has 0 saturated carbocycles. The van der Waals surface area contributed by atoms with Crippen molar-refractivity contribution in [2.75, 3.05) is 19.5 Å². The lowest BCUT2D eigenvalue weighted by atomic mass is 9.96. The molecule has 128 valence electrons. The first-order valence-electron chi connectivity index (χ1n) is 7.95. The van der Waals surface area contributed by atoms with Gasteiger partial charge in [0.2, 0.25) is 0 Å². The van der Waals surface area contributed by atoms with Crippen molar-refractivity contribution in [2.24, 2.45) is 5.92 Å². The summed E-state index contributed by atoms with van der Waals surface area (Å²) in [5.41, 5.74) is 1.25. The first-order chi connectivity index (χ1) is 11.4. The van der Waals surface area contributed by atoms with Gasteiger partial charge in [-0.25, -0.2) is 15.0 Å². The minimum atomic E-state index is -0.104. The van der Waals surface area contributed by atoms with Gasteiger partial charge in [0, 0.05) is 54.8 Å². The largest absolute Gasteiger partial charge is 0.384 e. The number of hydrogen-bond acceptors (Lipinski definition) is 6. The monoisotopic (exact) mass is 346 g/mol. The number of fused-ring (bicyclic) bond motifs is 1. The number of ether oxygens (including phenoxy) is 1. The van der Waals surface area contributed by atoms with Gasteiger partial charge < -0.3 is 4.74 Å². The van der Waals surface area contributed by atoms with Crippen LogP contribution in [0.4, 0.5) is 0 Å². The molecule has 1 atom stereocenters. The van der Waals surface area contributed by atoms with Crippen LogP contribution in [0.5, 0.6) is 0 Å². The van der Waals surface area contributed by atoms with Crippen LogP contribution in [-0.2, 0) is 16.7 Å². The van der Waals surface area contributed by atoms with E-state index in [2.05, 4.69) is 35.7 Å². The van der Waals surface area contributed by atoms with Crippen molar-refractivity contribution in [3.63, 3.8) is 0 Å². The van der Waals surface area contributed by atoms with Crippen LogP contribution in [0.2, 0.25) is 0 Å². The van der Waals surface area contributed by atoms with Crippen LogP contribution in [0.3, 0.4) is 0 Å². The van der Waals surface area contributed by atoms with E-state index in [1.807, 2.05) is 0 Å². The third kappa shape index (κ3) is 3.52. The fourth-order valence-electron chi connectivity index (χ4n) is 2.60. The molecule has 0 radical (unpaired) electrons. The zero-order chi connectivity index (χ0) is 17.3. The Morgan fingerprint density at radius 1 is 1.33 bits per heavy atom. The van der Waals surface area contributed by atoms with E-state index < -0.39 is 0 Å². The highest BCUT2D eigenvalue weighted by molar-refractivity contribution is 7.99. The minimum Gasteiger partial charge on any atom is -0.384 e. The lowest BCUT2D eigenvalue weighted by Crippen LogP contribution is -2.32. The van der Waals surface area contributed by atoms with Gasteiger partial charge in [0.25, 0.3) is 5.56 Å². The molecule has 0 aliphatic carbocycles. The van der Waals surface area contributed by atoms with Gasteiger partial charge in [0.15, 0.2) is 5.16 Å². The molecular formula is C17H22N4O2S. The van der Waals surface area contributed by atoms with E-state index in [-0.39, 0.29) is 11.0 Å². The highest BCUT2D eigenvalue weighted by Crippen LogP contribution is 2.27. The van der Waals surface area contributed by atoms with Crippen molar-refractivity contribution in [3.8, 4) is 11.3 Å². The number of hydrogen-bond donors (Lipinski definition) is 0. The molecule has 2 aromatic heterocycles. The van der Waals surface area contributed by atoms with Crippen LogP contribution in [0.15, 0.2) is 28.4 Å². The molecular weight excluding hydrogens is 324 g/mol. The SMILES string of the molecule is COCC1CSc2nc(-c3cnc(C(C)(C)C)nc3)cc(=O)n2C1. The Balaban J connectivity index is 1.91. The zero-order valence-corrected chi connectivity index (χ0v) is 15.3. The van der Waals surface area contributed by atoms with Crippen molar-refractivity contribution in [3.05, 3.63) is 34.6 Å². The quantitative estimate of drug-likeness (QED) is 0.795. The van der Waals surface area contributed by atoms with E-state index in [9.17, 15) is 4.79 Å².